The standard InChI is InChI=1S/C9H17N5/c1-4-7-11-8(13-10)6-9(12-7)14(3)5-2/h6H,4-5,10H2,1-3H3,(H,11,12,13). The number of aryl methyl sites for hydroxylation is 1. The van der Waals surface area contributed by atoms with Crippen LogP contribution in [0.2, 0.25) is 0 Å². The fourth-order valence-electron chi connectivity index (χ4n) is 1.07. The molecule has 0 saturated carbocycles. The lowest BCUT2D eigenvalue weighted by Crippen LogP contribution is -2.19. The quantitative estimate of drug-likeness (QED) is 0.549. The SMILES string of the molecule is CCc1nc(NN)cc(N(C)CC)n1. The molecular weight excluding hydrogens is 178 g/mol. The van der Waals surface area contributed by atoms with Gasteiger partial charge in [0.05, 0.1) is 0 Å². The minimum atomic E-state index is 0.659. The number of hydrazine groups is 1. The summed E-state index contributed by atoms with van der Waals surface area (Å²) in [6.45, 7) is 5.00. The van der Waals surface area contributed by atoms with Gasteiger partial charge >= 0.3 is 0 Å². The normalized spacial score (nSPS) is 10.0. The van der Waals surface area contributed by atoms with Crippen molar-refractivity contribution < 1.29 is 0 Å². The Morgan fingerprint density at radius 1 is 1.43 bits per heavy atom. The zero-order valence-corrected chi connectivity index (χ0v) is 8.91. The van der Waals surface area contributed by atoms with Gasteiger partial charge < -0.3 is 10.3 Å². The minimum Gasteiger partial charge on any atom is -0.360 e. The third kappa shape index (κ3) is 2.32. The van der Waals surface area contributed by atoms with Crippen LogP contribution in [0.4, 0.5) is 11.6 Å². The van der Waals surface area contributed by atoms with Crippen LogP contribution in [-0.2, 0) is 6.42 Å². The third-order valence-corrected chi connectivity index (χ3v) is 2.09. The average Bonchev–Trinajstić information content (AvgIpc) is 2.27. The van der Waals surface area contributed by atoms with Crippen LogP contribution in [-0.4, -0.2) is 23.6 Å². The van der Waals surface area contributed by atoms with Crippen LogP contribution in [0.25, 0.3) is 0 Å². The molecule has 1 aromatic rings. The van der Waals surface area contributed by atoms with Gasteiger partial charge in [-0.1, -0.05) is 6.92 Å². The van der Waals surface area contributed by atoms with E-state index in [9.17, 15) is 0 Å². The van der Waals surface area contributed by atoms with Crippen LogP contribution in [0.5, 0.6) is 0 Å². The summed E-state index contributed by atoms with van der Waals surface area (Å²) >= 11 is 0. The largest absolute Gasteiger partial charge is 0.360 e. The molecule has 0 fully saturated rings. The van der Waals surface area contributed by atoms with Gasteiger partial charge in [0.25, 0.3) is 0 Å². The molecule has 5 heteroatoms. The Kier molecular flexibility index (Phi) is 3.64. The van der Waals surface area contributed by atoms with Crippen molar-refractivity contribution in [1.29, 1.82) is 0 Å². The zero-order chi connectivity index (χ0) is 10.6. The molecule has 1 aromatic heterocycles. The van der Waals surface area contributed by atoms with Crippen LogP contribution in [0.15, 0.2) is 6.07 Å². The van der Waals surface area contributed by atoms with E-state index >= 15 is 0 Å². The molecule has 5 nitrogen and oxygen atoms in total. The van der Waals surface area contributed by atoms with Crippen molar-refractivity contribution in [2.24, 2.45) is 5.84 Å². The van der Waals surface area contributed by atoms with E-state index in [0.29, 0.717) is 5.82 Å². The van der Waals surface area contributed by atoms with Gasteiger partial charge in [0.2, 0.25) is 0 Å². The molecule has 1 rings (SSSR count). The summed E-state index contributed by atoms with van der Waals surface area (Å²) in [4.78, 5) is 10.6. The van der Waals surface area contributed by atoms with E-state index in [4.69, 9.17) is 5.84 Å². The summed E-state index contributed by atoms with van der Waals surface area (Å²) in [6, 6.07) is 1.84. The van der Waals surface area contributed by atoms with Crippen LogP contribution in [0, 0.1) is 0 Å². The molecule has 1 heterocycles. The molecule has 78 valence electrons. The molecule has 0 aromatic carbocycles. The molecule has 0 radical (unpaired) electrons. The maximum Gasteiger partial charge on any atom is 0.145 e. The monoisotopic (exact) mass is 195 g/mol. The first-order valence-electron chi connectivity index (χ1n) is 4.77. The Bertz CT molecular complexity index is 277. The van der Waals surface area contributed by atoms with E-state index in [0.717, 1.165) is 24.6 Å². The molecule has 0 unspecified atom stereocenters. The molecule has 3 N–H and O–H groups in total. The predicted octanol–water partition coefficient (Wildman–Crippen LogP) is 0.781. The van der Waals surface area contributed by atoms with Crippen LogP contribution in [0.1, 0.15) is 19.7 Å². The lowest BCUT2D eigenvalue weighted by atomic mass is 10.4. The molecular formula is C9H17N5. The Balaban J connectivity index is 3.04. The highest BCUT2D eigenvalue weighted by atomic mass is 15.3. The van der Waals surface area contributed by atoms with E-state index in [1.807, 2.05) is 24.9 Å². The van der Waals surface area contributed by atoms with E-state index in [1.54, 1.807) is 0 Å². The van der Waals surface area contributed by atoms with Gasteiger partial charge in [-0.2, -0.15) is 0 Å². The number of nitrogen functional groups attached to an aromatic ring is 1. The van der Waals surface area contributed by atoms with Crippen molar-refractivity contribution >= 4 is 11.6 Å². The smallest absolute Gasteiger partial charge is 0.145 e. The summed E-state index contributed by atoms with van der Waals surface area (Å²) < 4.78 is 0. The zero-order valence-electron chi connectivity index (χ0n) is 8.91. The number of nitrogens with zero attached hydrogens (tertiary/aromatic N) is 3. The highest BCUT2D eigenvalue weighted by Gasteiger charge is 2.05. The van der Waals surface area contributed by atoms with Crippen molar-refractivity contribution in [3.05, 3.63) is 11.9 Å². The topological polar surface area (TPSA) is 67.1 Å². The Hall–Kier alpha value is -1.36. The number of hydrogen-bond acceptors (Lipinski definition) is 5. The highest BCUT2D eigenvalue weighted by molar-refractivity contribution is 5.48. The van der Waals surface area contributed by atoms with Gasteiger partial charge in [-0.05, 0) is 6.92 Å². The predicted molar refractivity (Wildman–Crippen MR) is 58.2 cm³/mol. The van der Waals surface area contributed by atoms with Crippen molar-refractivity contribution in [3.63, 3.8) is 0 Å². The van der Waals surface area contributed by atoms with E-state index in [-0.39, 0.29) is 0 Å². The van der Waals surface area contributed by atoms with Gasteiger partial charge in [-0.15, -0.1) is 0 Å². The molecule has 0 saturated heterocycles. The van der Waals surface area contributed by atoms with Gasteiger partial charge in [-0.25, -0.2) is 15.8 Å². The Labute approximate surface area is 84.3 Å². The molecule has 14 heavy (non-hydrogen) atoms. The Morgan fingerprint density at radius 2 is 2.14 bits per heavy atom. The molecule has 0 amide bonds. The van der Waals surface area contributed by atoms with Crippen molar-refractivity contribution in [3.8, 4) is 0 Å². The lowest BCUT2D eigenvalue weighted by molar-refractivity contribution is 0.880. The third-order valence-electron chi connectivity index (χ3n) is 2.09. The van der Waals surface area contributed by atoms with Gasteiger partial charge in [-0.3, -0.25) is 0 Å². The van der Waals surface area contributed by atoms with Gasteiger partial charge in [0, 0.05) is 26.1 Å². The van der Waals surface area contributed by atoms with E-state index < -0.39 is 0 Å². The lowest BCUT2D eigenvalue weighted by Gasteiger charge is -2.16. The maximum atomic E-state index is 5.33. The summed E-state index contributed by atoms with van der Waals surface area (Å²) in [6.07, 6.45) is 0.806. The van der Waals surface area contributed by atoms with Crippen LogP contribution in [0.3, 0.4) is 0 Å². The number of nitrogens with one attached hydrogen (secondary N) is 1. The molecule has 0 aliphatic rings. The molecule has 0 atom stereocenters. The average molecular weight is 195 g/mol. The second kappa shape index (κ2) is 4.76. The summed E-state index contributed by atoms with van der Waals surface area (Å²) in [5.74, 6) is 7.68. The second-order valence-corrected chi connectivity index (χ2v) is 3.04. The first kappa shape index (κ1) is 10.7. The van der Waals surface area contributed by atoms with Gasteiger partial charge in [0.15, 0.2) is 0 Å². The molecule has 0 bridgehead atoms. The van der Waals surface area contributed by atoms with E-state index in [1.165, 1.54) is 0 Å². The van der Waals surface area contributed by atoms with E-state index in [2.05, 4.69) is 22.3 Å². The first-order chi connectivity index (χ1) is 6.71. The second-order valence-electron chi connectivity index (χ2n) is 3.04. The molecule has 0 spiro atoms. The number of rotatable bonds is 4. The number of aromatic nitrogens is 2. The Morgan fingerprint density at radius 3 is 2.64 bits per heavy atom. The summed E-state index contributed by atoms with van der Waals surface area (Å²) in [5.41, 5.74) is 2.54. The fourth-order valence-corrected chi connectivity index (χ4v) is 1.07. The summed E-state index contributed by atoms with van der Waals surface area (Å²) in [5, 5.41) is 0. The highest BCUT2D eigenvalue weighted by Crippen LogP contribution is 2.13. The van der Waals surface area contributed by atoms with Crippen molar-refractivity contribution in [1.82, 2.24) is 9.97 Å². The number of hydrogen-bond donors (Lipinski definition) is 2. The fraction of sp³-hybridized carbons (Fsp3) is 0.556. The molecule has 0 aliphatic heterocycles. The minimum absolute atomic E-state index is 0.659. The molecule has 0 aliphatic carbocycles. The first-order valence-corrected chi connectivity index (χ1v) is 4.77. The number of nitrogens with two attached hydrogens (primary N) is 1. The summed E-state index contributed by atoms with van der Waals surface area (Å²) in [7, 11) is 1.99. The maximum absolute atomic E-state index is 5.33. The van der Waals surface area contributed by atoms with Crippen molar-refractivity contribution in [2.75, 3.05) is 23.9 Å². The van der Waals surface area contributed by atoms with Gasteiger partial charge in [0.1, 0.15) is 17.5 Å². The van der Waals surface area contributed by atoms with Crippen LogP contribution < -0.4 is 16.2 Å². The number of anilines is 2. The van der Waals surface area contributed by atoms with Crippen molar-refractivity contribution in [2.45, 2.75) is 20.3 Å². The van der Waals surface area contributed by atoms with Crippen LogP contribution >= 0.6 is 0 Å².